The van der Waals surface area contributed by atoms with E-state index in [4.69, 9.17) is 33.2 Å². The third-order valence-electron chi connectivity index (χ3n) is 12.5. The molecule has 16 atom stereocenters. The van der Waals surface area contributed by atoms with Crippen LogP contribution in [-0.4, -0.2) is 125 Å². The van der Waals surface area contributed by atoms with Crippen LogP contribution in [0.1, 0.15) is 122 Å². The molecule has 4 heterocycles. The van der Waals surface area contributed by atoms with Crippen LogP contribution in [0.4, 0.5) is 0 Å². The SMILES string of the molecule is CCCC1OC(=O)[C@H](C)[C@@H](OC2C[C@@](C)(OC)C[C@H](C)O2)[C@H](C)[C@@H](OC2O[C@H](C)C[C@H](N(C)C(C)C)[C@H]2O)[C@@]2(C)CC(C)=C(O2)[C@@H](C)[C@@H](O)[C@]1(C)O. The number of aliphatic hydroxyl groups excluding tert-OH is 2. The van der Waals surface area contributed by atoms with E-state index in [1.165, 1.54) is 6.92 Å². The summed E-state index contributed by atoms with van der Waals surface area (Å²) >= 11 is 0. The van der Waals surface area contributed by atoms with E-state index in [0.29, 0.717) is 44.3 Å². The average molecular weight is 742 g/mol. The van der Waals surface area contributed by atoms with Crippen molar-refractivity contribution in [3.63, 3.8) is 0 Å². The fourth-order valence-electron chi connectivity index (χ4n) is 9.17. The molecule has 3 unspecified atom stereocenters. The van der Waals surface area contributed by atoms with Crippen molar-refractivity contribution in [3.05, 3.63) is 11.3 Å². The van der Waals surface area contributed by atoms with Crippen LogP contribution in [0.25, 0.3) is 0 Å². The van der Waals surface area contributed by atoms with Gasteiger partial charge >= 0.3 is 5.97 Å². The van der Waals surface area contributed by atoms with E-state index < -0.39 is 83.6 Å². The number of ether oxygens (including phenoxy) is 7. The van der Waals surface area contributed by atoms with Gasteiger partial charge in [0.05, 0.1) is 35.9 Å². The molecule has 4 aliphatic rings. The molecule has 0 aromatic heterocycles. The fourth-order valence-corrected chi connectivity index (χ4v) is 9.17. The first-order valence-corrected chi connectivity index (χ1v) is 19.7. The molecule has 0 aromatic rings. The summed E-state index contributed by atoms with van der Waals surface area (Å²) in [4.78, 5) is 16.4. The van der Waals surface area contributed by atoms with Crippen molar-refractivity contribution < 1.29 is 53.3 Å². The van der Waals surface area contributed by atoms with E-state index in [1.807, 2.05) is 62.4 Å². The van der Waals surface area contributed by atoms with Gasteiger partial charge < -0.3 is 48.5 Å². The van der Waals surface area contributed by atoms with Gasteiger partial charge in [0.2, 0.25) is 0 Å². The Bertz CT molecular complexity index is 1240. The molecule has 0 saturated carbocycles. The zero-order chi connectivity index (χ0) is 39.1. The summed E-state index contributed by atoms with van der Waals surface area (Å²) in [6.45, 7) is 23.1. The summed E-state index contributed by atoms with van der Waals surface area (Å²) in [5, 5.41) is 35.5. The first-order chi connectivity index (χ1) is 24.1. The largest absolute Gasteiger partial charge is 0.489 e. The minimum atomic E-state index is -1.79. The quantitative estimate of drug-likeness (QED) is 0.271. The van der Waals surface area contributed by atoms with Gasteiger partial charge in [-0.05, 0) is 87.8 Å². The summed E-state index contributed by atoms with van der Waals surface area (Å²) in [5.74, 6) is -2.07. The molecule has 3 N–H and O–H groups in total. The molecule has 0 amide bonds. The number of carbonyl (C=O) groups is 1. The van der Waals surface area contributed by atoms with Crippen LogP contribution in [-0.2, 0) is 38.0 Å². The number of likely N-dealkylation sites (N-methyl/N-ethyl adjacent to an activating group) is 1. The lowest BCUT2D eigenvalue weighted by atomic mass is 9.78. The first kappa shape index (κ1) is 43.4. The van der Waals surface area contributed by atoms with Gasteiger partial charge in [0.25, 0.3) is 0 Å². The second kappa shape index (κ2) is 16.8. The highest BCUT2D eigenvalue weighted by Gasteiger charge is 2.56. The maximum atomic E-state index is 14.3. The van der Waals surface area contributed by atoms with Gasteiger partial charge in [0.1, 0.15) is 35.3 Å². The Hall–Kier alpha value is -1.35. The van der Waals surface area contributed by atoms with Crippen molar-refractivity contribution in [1.29, 1.82) is 0 Å². The highest BCUT2D eigenvalue weighted by Crippen LogP contribution is 2.47. The van der Waals surface area contributed by atoms with Crippen molar-refractivity contribution in [2.24, 2.45) is 17.8 Å². The maximum absolute atomic E-state index is 14.3. The molecule has 0 aliphatic carbocycles. The Morgan fingerprint density at radius 1 is 0.981 bits per heavy atom. The van der Waals surface area contributed by atoms with Gasteiger partial charge in [0, 0.05) is 50.3 Å². The van der Waals surface area contributed by atoms with Crippen LogP contribution in [0.15, 0.2) is 11.3 Å². The Labute approximate surface area is 312 Å². The van der Waals surface area contributed by atoms with Gasteiger partial charge in [-0.15, -0.1) is 0 Å². The molecule has 12 heteroatoms. The zero-order valence-corrected chi connectivity index (χ0v) is 34.4. The minimum Gasteiger partial charge on any atom is -0.489 e. The normalized spacial score (nSPS) is 46.8. The monoisotopic (exact) mass is 742 g/mol. The number of hydrogen-bond donors (Lipinski definition) is 3. The van der Waals surface area contributed by atoms with Crippen LogP contribution in [0.3, 0.4) is 0 Å². The third kappa shape index (κ3) is 9.02. The van der Waals surface area contributed by atoms with Crippen molar-refractivity contribution in [2.45, 2.75) is 206 Å². The lowest BCUT2D eigenvalue weighted by Gasteiger charge is -2.48. The lowest BCUT2D eigenvalue weighted by molar-refractivity contribution is -0.309. The zero-order valence-electron chi connectivity index (χ0n) is 34.4. The third-order valence-corrected chi connectivity index (χ3v) is 12.5. The maximum Gasteiger partial charge on any atom is 0.311 e. The molecule has 302 valence electrons. The van der Waals surface area contributed by atoms with Crippen LogP contribution in [0, 0.1) is 17.8 Å². The van der Waals surface area contributed by atoms with Crippen molar-refractivity contribution >= 4 is 5.97 Å². The number of rotatable bonds is 9. The highest BCUT2D eigenvalue weighted by atomic mass is 16.7. The highest BCUT2D eigenvalue weighted by molar-refractivity contribution is 5.73. The summed E-state index contributed by atoms with van der Waals surface area (Å²) in [7, 11) is 3.68. The van der Waals surface area contributed by atoms with E-state index in [1.54, 1.807) is 14.0 Å². The summed E-state index contributed by atoms with van der Waals surface area (Å²) < 4.78 is 45.5. The molecule has 0 aromatic carbocycles. The lowest BCUT2D eigenvalue weighted by Crippen LogP contribution is -2.60. The van der Waals surface area contributed by atoms with Crippen LogP contribution in [0.2, 0.25) is 0 Å². The number of nitrogens with zero attached hydrogens (tertiary/aromatic N) is 1. The molecule has 12 nitrogen and oxygen atoms in total. The average Bonchev–Trinajstić information content (AvgIpc) is 3.38. The second-order valence-electron chi connectivity index (χ2n) is 17.5. The Morgan fingerprint density at radius 2 is 1.63 bits per heavy atom. The van der Waals surface area contributed by atoms with E-state index in [2.05, 4.69) is 18.7 Å². The van der Waals surface area contributed by atoms with Crippen molar-refractivity contribution in [3.8, 4) is 0 Å². The number of methoxy groups -OCH3 is 1. The van der Waals surface area contributed by atoms with Gasteiger partial charge in [0.15, 0.2) is 12.6 Å². The molecule has 4 rings (SSSR count). The Kier molecular flexibility index (Phi) is 14.0. The van der Waals surface area contributed by atoms with E-state index in [0.717, 1.165) is 5.57 Å². The summed E-state index contributed by atoms with van der Waals surface area (Å²) in [6.07, 6.45) is -3.84. The molecule has 2 bridgehead atoms. The van der Waals surface area contributed by atoms with E-state index in [-0.39, 0.29) is 24.3 Å². The first-order valence-electron chi connectivity index (χ1n) is 19.7. The van der Waals surface area contributed by atoms with Crippen LogP contribution in [0.5, 0.6) is 0 Å². The molecule has 3 fully saturated rings. The van der Waals surface area contributed by atoms with E-state index >= 15 is 0 Å². The number of hydrogen-bond acceptors (Lipinski definition) is 12. The minimum absolute atomic E-state index is 0.165. The second-order valence-corrected chi connectivity index (χ2v) is 17.5. The number of aliphatic hydroxyl groups is 3. The summed E-state index contributed by atoms with van der Waals surface area (Å²) in [6, 6.07) is -0.0360. The molecule has 0 spiro atoms. The standard InChI is InChI=1S/C40H71NO11/c1-15-16-29-40(12,45)34(43)25(7)32-22(4)18-39(11,52-32)35(51-37-31(42)28(17-23(5)48-37)41(13)21(2)3)26(8)33(27(9)36(44)49-29)50-30-20-38(10,46-14)19-24(6)47-30/h21,23-31,33-35,37,42-43,45H,15-20H2,1-14H3/t23-,24+,25-,26+,27-,28+,29?,30?,31-,33+,34-,35-,37?,38+,39-,40-/m1/s1. The molecule has 52 heavy (non-hydrogen) atoms. The number of carbonyl (C=O) groups excluding carboxylic acids is 1. The molecular weight excluding hydrogens is 670 g/mol. The topological polar surface area (TPSA) is 146 Å². The predicted octanol–water partition coefficient (Wildman–Crippen LogP) is 5.09. The van der Waals surface area contributed by atoms with Crippen LogP contribution >= 0.6 is 0 Å². The Balaban J connectivity index is 1.84. The molecular formula is C40H71NO11. The van der Waals surface area contributed by atoms with Gasteiger partial charge in [-0.25, -0.2) is 0 Å². The van der Waals surface area contributed by atoms with Gasteiger partial charge in [-0.3, -0.25) is 9.69 Å². The van der Waals surface area contributed by atoms with Gasteiger partial charge in [-0.1, -0.05) is 27.2 Å². The van der Waals surface area contributed by atoms with Crippen LogP contribution < -0.4 is 0 Å². The van der Waals surface area contributed by atoms with Crippen molar-refractivity contribution in [1.82, 2.24) is 4.90 Å². The number of fused-ring (bicyclic) bond motifs is 2. The molecule has 3 saturated heterocycles. The van der Waals surface area contributed by atoms with Crippen molar-refractivity contribution in [2.75, 3.05) is 14.2 Å². The molecule has 0 radical (unpaired) electrons. The van der Waals surface area contributed by atoms with E-state index in [9.17, 15) is 20.1 Å². The molecule has 4 aliphatic heterocycles. The van der Waals surface area contributed by atoms with Gasteiger partial charge in [-0.2, -0.15) is 0 Å². The number of cyclic esters (lactones) is 1. The smallest absolute Gasteiger partial charge is 0.311 e. The summed E-state index contributed by atoms with van der Waals surface area (Å²) in [5.41, 5.74) is -2.42. The Morgan fingerprint density at radius 3 is 2.23 bits per heavy atom. The predicted molar refractivity (Wildman–Crippen MR) is 196 cm³/mol. The fraction of sp³-hybridized carbons (Fsp3) is 0.925. The number of esters is 1.